The van der Waals surface area contributed by atoms with Crippen LogP contribution in [0.3, 0.4) is 0 Å². The standard InChI is InChI=1S/C30H32ClFN6O3/c1-36-11-9-29(10-12-36)16-38(17-29)22-14-24(40-3)21(13-20(22)32)34-28-33-15-19(31)26(35-28)41-23-6-4-5-18-25(23)27(39)37(2)30(18)7-8-30/h4-6,13-15H,7-12,16-17H2,1-3H3,(H,33,34,35). The van der Waals surface area contributed by atoms with E-state index in [1.165, 1.54) is 12.3 Å². The zero-order valence-electron chi connectivity index (χ0n) is 23.3. The molecule has 41 heavy (non-hydrogen) atoms. The smallest absolute Gasteiger partial charge is 0.258 e. The molecule has 4 heterocycles. The van der Waals surface area contributed by atoms with Crippen molar-refractivity contribution < 1.29 is 18.7 Å². The summed E-state index contributed by atoms with van der Waals surface area (Å²) in [6.07, 6.45) is 5.54. The number of fused-ring (bicyclic) bond motifs is 2. The number of halogens is 2. The first kappa shape index (κ1) is 26.3. The largest absolute Gasteiger partial charge is 0.494 e. The molecule has 2 saturated heterocycles. The first-order valence-corrected chi connectivity index (χ1v) is 14.3. The summed E-state index contributed by atoms with van der Waals surface area (Å²) in [6, 6.07) is 8.70. The molecule has 9 nitrogen and oxygen atoms in total. The summed E-state index contributed by atoms with van der Waals surface area (Å²) in [7, 11) is 5.52. The van der Waals surface area contributed by atoms with Gasteiger partial charge < -0.3 is 29.5 Å². The lowest BCUT2D eigenvalue weighted by atomic mass is 9.72. The lowest BCUT2D eigenvalue weighted by molar-refractivity contribution is 0.0753. The van der Waals surface area contributed by atoms with E-state index in [0.29, 0.717) is 28.4 Å². The topological polar surface area (TPSA) is 83.1 Å². The van der Waals surface area contributed by atoms with Crippen LogP contribution < -0.4 is 19.7 Å². The van der Waals surface area contributed by atoms with E-state index in [-0.39, 0.29) is 39.5 Å². The van der Waals surface area contributed by atoms with Crippen LogP contribution in [0.5, 0.6) is 17.4 Å². The summed E-state index contributed by atoms with van der Waals surface area (Å²) < 4.78 is 27.1. The molecular formula is C30H32ClFN6O3. The number of ether oxygens (including phenoxy) is 2. The number of carbonyl (C=O) groups is 1. The number of aromatic nitrogens is 2. The van der Waals surface area contributed by atoms with E-state index in [1.54, 1.807) is 24.1 Å². The van der Waals surface area contributed by atoms with Gasteiger partial charge in [0.15, 0.2) is 0 Å². The average molecular weight is 579 g/mol. The minimum Gasteiger partial charge on any atom is -0.494 e. The highest BCUT2D eigenvalue weighted by Crippen LogP contribution is 2.57. The number of carbonyl (C=O) groups excluding carboxylic acids is 1. The number of amides is 1. The van der Waals surface area contributed by atoms with E-state index >= 15 is 4.39 Å². The molecular weight excluding hydrogens is 547 g/mol. The van der Waals surface area contributed by atoms with Crippen LogP contribution in [0.1, 0.15) is 41.6 Å². The predicted octanol–water partition coefficient (Wildman–Crippen LogP) is 5.42. The molecule has 1 amide bonds. The van der Waals surface area contributed by atoms with Crippen molar-refractivity contribution in [2.75, 3.05) is 57.6 Å². The van der Waals surface area contributed by atoms with Gasteiger partial charge in [0, 0.05) is 37.7 Å². The van der Waals surface area contributed by atoms with Crippen LogP contribution in [0.2, 0.25) is 5.02 Å². The van der Waals surface area contributed by atoms with Gasteiger partial charge in [0.1, 0.15) is 22.3 Å². The number of likely N-dealkylation sites (tertiary alicyclic amines) is 1. The second-order valence-electron chi connectivity index (χ2n) is 11.8. The van der Waals surface area contributed by atoms with Crippen LogP contribution in [0.25, 0.3) is 0 Å². The van der Waals surface area contributed by atoms with Crippen molar-refractivity contribution in [3.8, 4) is 17.4 Å². The Hall–Kier alpha value is -3.63. The van der Waals surface area contributed by atoms with Gasteiger partial charge in [-0.05, 0) is 57.5 Å². The summed E-state index contributed by atoms with van der Waals surface area (Å²) in [5.41, 5.74) is 2.45. The Morgan fingerprint density at radius 2 is 1.83 bits per heavy atom. The second-order valence-corrected chi connectivity index (χ2v) is 12.2. The van der Waals surface area contributed by atoms with Crippen LogP contribution in [-0.2, 0) is 5.54 Å². The minimum absolute atomic E-state index is 0.0825. The van der Waals surface area contributed by atoms with Gasteiger partial charge in [-0.15, -0.1) is 0 Å². The molecule has 2 spiro atoms. The van der Waals surface area contributed by atoms with Crippen LogP contribution in [0.4, 0.5) is 21.7 Å². The summed E-state index contributed by atoms with van der Waals surface area (Å²) in [6.45, 7) is 3.85. The maximum Gasteiger partial charge on any atom is 0.258 e. The highest BCUT2D eigenvalue weighted by Gasteiger charge is 2.57. The Morgan fingerprint density at radius 1 is 1.07 bits per heavy atom. The highest BCUT2D eigenvalue weighted by atomic mass is 35.5. The Bertz CT molecular complexity index is 1550. The molecule has 4 aliphatic rings. The molecule has 0 radical (unpaired) electrons. The number of nitrogens with zero attached hydrogens (tertiary/aromatic N) is 5. The zero-order chi connectivity index (χ0) is 28.5. The molecule has 3 aromatic rings. The Balaban J connectivity index is 1.12. The fraction of sp³-hybridized carbons (Fsp3) is 0.433. The molecule has 3 fully saturated rings. The minimum atomic E-state index is -0.349. The van der Waals surface area contributed by atoms with Crippen molar-refractivity contribution >= 4 is 34.8 Å². The monoisotopic (exact) mass is 578 g/mol. The Morgan fingerprint density at radius 3 is 2.54 bits per heavy atom. The number of hydrogen-bond donors (Lipinski definition) is 1. The third kappa shape index (κ3) is 4.26. The van der Waals surface area contributed by atoms with E-state index in [2.05, 4.69) is 32.1 Å². The van der Waals surface area contributed by atoms with Gasteiger partial charge in [0.05, 0.1) is 35.8 Å². The van der Waals surface area contributed by atoms with E-state index < -0.39 is 0 Å². The van der Waals surface area contributed by atoms with Crippen molar-refractivity contribution in [1.29, 1.82) is 0 Å². The Labute approximate surface area is 243 Å². The van der Waals surface area contributed by atoms with E-state index in [9.17, 15) is 4.79 Å². The number of anilines is 3. The fourth-order valence-electron chi connectivity index (χ4n) is 6.59. The molecule has 0 unspecified atom stereocenters. The lowest BCUT2D eigenvalue weighted by Gasteiger charge is -2.54. The second kappa shape index (κ2) is 9.46. The van der Waals surface area contributed by atoms with Gasteiger partial charge in [-0.25, -0.2) is 9.37 Å². The first-order valence-electron chi connectivity index (χ1n) is 13.9. The summed E-state index contributed by atoms with van der Waals surface area (Å²) in [5.74, 6) is 0.665. The van der Waals surface area contributed by atoms with Gasteiger partial charge in [-0.3, -0.25) is 4.79 Å². The molecule has 1 N–H and O–H groups in total. The van der Waals surface area contributed by atoms with Crippen LogP contribution in [0.15, 0.2) is 36.5 Å². The molecule has 1 aliphatic carbocycles. The maximum absolute atomic E-state index is 15.4. The summed E-state index contributed by atoms with van der Waals surface area (Å²) >= 11 is 6.40. The van der Waals surface area contributed by atoms with Gasteiger partial charge in [-0.2, -0.15) is 4.98 Å². The maximum atomic E-state index is 15.4. The van der Waals surface area contributed by atoms with Crippen molar-refractivity contribution in [2.24, 2.45) is 5.41 Å². The van der Waals surface area contributed by atoms with E-state index in [1.807, 2.05) is 19.2 Å². The van der Waals surface area contributed by atoms with Crippen LogP contribution in [-0.4, -0.2) is 73.1 Å². The SMILES string of the molecule is COc1cc(N2CC3(CCN(C)CC3)C2)c(F)cc1Nc1ncc(Cl)c(Oc2cccc3c2C(=O)N(C)C32CC2)n1. The van der Waals surface area contributed by atoms with Gasteiger partial charge in [-0.1, -0.05) is 23.7 Å². The lowest BCUT2D eigenvalue weighted by Crippen LogP contribution is -2.60. The highest BCUT2D eigenvalue weighted by molar-refractivity contribution is 6.31. The van der Waals surface area contributed by atoms with E-state index in [0.717, 1.165) is 57.4 Å². The van der Waals surface area contributed by atoms with Crippen molar-refractivity contribution in [1.82, 2.24) is 19.8 Å². The number of benzene rings is 2. The number of piperidine rings is 1. The Kier molecular flexibility index (Phi) is 6.06. The van der Waals surface area contributed by atoms with Crippen molar-refractivity contribution in [3.05, 3.63) is 58.5 Å². The molecule has 0 atom stereocenters. The van der Waals surface area contributed by atoms with Gasteiger partial charge in [0.2, 0.25) is 11.8 Å². The first-order chi connectivity index (χ1) is 19.7. The van der Waals surface area contributed by atoms with Crippen molar-refractivity contribution in [3.63, 3.8) is 0 Å². The van der Waals surface area contributed by atoms with E-state index in [4.69, 9.17) is 21.1 Å². The number of rotatable bonds is 6. The zero-order valence-corrected chi connectivity index (χ0v) is 24.1. The molecule has 7 rings (SSSR count). The molecule has 11 heteroatoms. The third-order valence-electron chi connectivity index (χ3n) is 9.29. The fourth-order valence-corrected chi connectivity index (χ4v) is 6.72. The molecule has 3 aliphatic heterocycles. The molecule has 0 bridgehead atoms. The normalized spacial score (nSPS) is 20.3. The van der Waals surface area contributed by atoms with Crippen LogP contribution in [0, 0.1) is 11.2 Å². The quantitative estimate of drug-likeness (QED) is 0.415. The summed E-state index contributed by atoms with van der Waals surface area (Å²) in [5, 5.41) is 3.23. The predicted molar refractivity (Wildman–Crippen MR) is 154 cm³/mol. The number of methoxy groups -OCH3 is 1. The third-order valence-corrected chi connectivity index (χ3v) is 9.55. The molecule has 1 saturated carbocycles. The average Bonchev–Trinajstić information content (AvgIpc) is 3.72. The number of hydrogen-bond acceptors (Lipinski definition) is 8. The molecule has 214 valence electrons. The van der Waals surface area contributed by atoms with Gasteiger partial charge in [0.25, 0.3) is 5.91 Å². The molecule has 2 aromatic carbocycles. The van der Waals surface area contributed by atoms with Crippen molar-refractivity contribution in [2.45, 2.75) is 31.2 Å². The molecule has 1 aromatic heterocycles. The van der Waals surface area contributed by atoms with Gasteiger partial charge >= 0.3 is 0 Å². The number of nitrogens with one attached hydrogen (secondary N) is 1. The van der Waals surface area contributed by atoms with Crippen LogP contribution >= 0.6 is 11.6 Å². The summed E-state index contributed by atoms with van der Waals surface area (Å²) in [4.78, 5) is 28.0.